The maximum Gasteiger partial charge on any atom is 0.354 e. The molecule has 1 aliphatic rings. The summed E-state index contributed by atoms with van der Waals surface area (Å²) >= 11 is 5.89. The topological polar surface area (TPSA) is 127 Å². The lowest BCUT2D eigenvalue weighted by Crippen LogP contribution is -2.66. The zero-order chi connectivity index (χ0) is 26.2. The van der Waals surface area contributed by atoms with Crippen LogP contribution >= 0.6 is 11.6 Å². The van der Waals surface area contributed by atoms with Gasteiger partial charge < -0.3 is 25.6 Å². The smallest absolute Gasteiger partial charge is 0.354 e. The molecule has 36 heavy (non-hydrogen) atoms. The molecule has 4 N–H and O–H groups in total. The van der Waals surface area contributed by atoms with Gasteiger partial charge in [0.1, 0.15) is 16.9 Å². The number of rotatable bonds is 7. The maximum absolute atomic E-state index is 14.3. The fourth-order valence-electron chi connectivity index (χ4n) is 4.42. The summed E-state index contributed by atoms with van der Waals surface area (Å²) in [6.45, 7) is 4.40. The van der Waals surface area contributed by atoms with Crippen LogP contribution in [0.3, 0.4) is 0 Å². The van der Waals surface area contributed by atoms with Crippen LogP contribution in [0.15, 0.2) is 42.6 Å². The Bertz CT molecular complexity index is 1350. The zero-order valence-corrected chi connectivity index (χ0v) is 20.6. The van der Waals surface area contributed by atoms with Crippen LogP contribution in [-0.4, -0.2) is 53.0 Å². The van der Waals surface area contributed by atoms with Gasteiger partial charge in [-0.25, -0.2) is 14.2 Å². The van der Waals surface area contributed by atoms with E-state index in [4.69, 9.17) is 11.6 Å². The van der Waals surface area contributed by atoms with Gasteiger partial charge in [0.2, 0.25) is 11.9 Å². The molecule has 11 heteroatoms. The summed E-state index contributed by atoms with van der Waals surface area (Å²) in [5.41, 5.74) is 0.626. The lowest BCUT2D eigenvalue weighted by molar-refractivity contribution is -0.122. The number of anilines is 2. The van der Waals surface area contributed by atoms with Crippen LogP contribution in [0.5, 0.6) is 0 Å². The van der Waals surface area contributed by atoms with Crippen LogP contribution < -0.4 is 15.5 Å². The first-order valence-corrected chi connectivity index (χ1v) is 11.6. The molecule has 0 saturated carbocycles. The number of H-pyrrole nitrogens is 1. The summed E-state index contributed by atoms with van der Waals surface area (Å²) in [7, 11) is 1.42. The Labute approximate surface area is 211 Å². The molecule has 1 aliphatic heterocycles. The fraction of sp³-hybridized carbons (Fsp3) is 0.280. The van der Waals surface area contributed by atoms with Crippen molar-refractivity contribution in [1.82, 2.24) is 15.3 Å². The number of nitrogens with zero attached hydrogens (tertiary/aromatic N) is 2. The molecule has 2 amide bonds. The molecule has 0 aliphatic carbocycles. The molecule has 0 spiro atoms. The first-order chi connectivity index (χ1) is 17.1. The predicted octanol–water partition coefficient (Wildman–Crippen LogP) is 3.78. The number of carbonyl (C=O) groups is 3. The molecule has 0 bridgehead atoms. The molecule has 1 saturated heterocycles. The number of aromatic carboxylic acids is 1. The molecular weight excluding hydrogens is 489 g/mol. The van der Waals surface area contributed by atoms with Gasteiger partial charge in [-0.15, -0.1) is 0 Å². The van der Waals surface area contributed by atoms with E-state index in [0.29, 0.717) is 5.95 Å². The predicted molar refractivity (Wildman–Crippen MR) is 133 cm³/mol. The van der Waals surface area contributed by atoms with Crippen LogP contribution in [0.2, 0.25) is 5.02 Å². The summed E-state index contributed by atoms with van der Waals surface area (Å²) < 4.78 is 14.3. The normalized spacial score (nSPS) is 14.3. The Hall–Kier alpha value is -3.92. The van der Waals surface area contributed by atoms with Crippen molar-refractivity contribution in [2.45, 2.75) is 25.2 Å². The van der Waals surface area contributed by atoms with Crippen LogP contribution in [0.4, 0.5) is 16.0 Å². The van der Waals surface area contributed by atoms with Crippen LogP contribution in [0, 0.1) is 5.82 Å². The van der Waals surface area contributed by atoms with Crippen LogP contribution in [-0.2, 0) is 10.2 Å². The third-order valence-electron chi connectivity index (χ3n) is 6.33. The Morgan fingerprint density at radius 2 is 1.92 bits per heavy atom. The first-order valence-electron chi connectivity index (χ1n) is 11.2. The maximum atomic E-state index is 14.3. The van der Waals surface area contributed by atoms with Crippen molar-refractivity contribution in [3.8, 4) is 0 Å². The number of halogens is 2. The SMILES string of the molecule is CNC(=O)c1cc(Cl)c(F)cc1NC(=O)C1(c2ccccc2C(C)C)CN(c2ncc(C(=O)O)[nH]2)C1. The van der Waals surface area contributed by atoms with E-state index in [2.05, 4.69) is 20.6 Å². The Morgan fingerprint density at radius 3 is 2.53 bits per heavy atom. The number of benzene rings is 2. The number of carboxylic acid groups (broad SMARTS) is 1. The van der Waals surface area contributed by atoms with Gasteiger partial charge in [-0.2, -0.15) is 0 Å². The minimum absolute atomic E-state index is 0.00716. The summed E-state index contributed by atoms with van der Waals surface area (Å²) in [6, 6.07) is 9.75. The molecule has 2 aromatic carbocycles. The van der Waals surface area contributed by atoms with Gasteiger partial charge in [0.25, 0.3) is 5.91 Å². The highest BCUT2D eigenvalue weighted by molar-refractivity contribution is 6.31. The van der Waals surface area contributed by atoms with Crippen molar-refractivity contribution in [2.75, 3.05) is 30.4 Å². The van der Waals surface area contributed by atoms with Gasteiger partial charge in [-0.3, -0.25) is 9.59 Å². The lowest BCUT2D eigenvalue weighted by Gasteiger charge is -2.50. The number of carbonyl (C=O) groups excluding carboxylic acids is 2. The number of imidazole rings is 1. The van der Waals surface area contributed by atoms with E-state index >= 15 is 0 Å². The van der Waals surface area contributed by atoms with E-state index in [-0.39, 0.29) is 41.0 Å². The first kappa shape index (κ1) is 25.2. The van der Waals surface area contributed by atoms with E-state index in [1.807, 2.05) is 38.1 Å². The van der Waals surface area contributed by atoms with E-state index in [1.54, 1.807) is 4.90 Å². The van der Waals surface area contributed by atoms with Crippen molar-refractivity contribution in [1.29, 1.82) is 0 Å². The molecule has 0 atom stereocenters. The number of aromatic nitrogens is 2. The van der Waals surface area contributed by atoms with E-state index in [1.165, 1.54) is 19.3 Å². The Kier molecular flexibility index (Phi) is 6.73. The van der Waals surface area contributed by atoms with Gasteiger partial charge in [0, 0.05) is 20.1 Å². The molecule has 188 valence electrons. The minimum atomic E-state index is -1.14. The van der Waals surface area contributed by atoms with Crippen LogP contribution in [0.25, 0.3) is 0 Å². The molecule has 3 aromatic rings. The minimum Gasteiger partial charge on any atom is -0.477 e. The monoisotopic (exact) mass is 513 g/mol. The summed E-state index contributed by atoms with van der Waals surface area (Å²) in [4.78, 5) is 46.2. The highest BCUT2D eigenvalue weighted by atomic mass is 35.5. The Morgan fingerprint density at radius 1 is 1.22 bits per heavy atom. The molecular formula is C25H25ClFN5O4. The highest BCUT2D eigenvalue weighted by Crippen LogP contribution is 2.41. The molecule has 1 fully saturated rings. The average Bonchev–Trinajstić information content (AvgIpc) is 3.30. The average molecular weight is 514 g/mol. The lowest BCUT2D eigenvalue weighted by atomic mass is 9.69. The van der Waals surface area contributed by atoms with Crippen molar-refractivity contribution in [3.05, 3.63) is 75.8 Å². The molecule has 2 heterocycles. The van der Waals surface area contributed by atoms with Gasteiger partial charge in [0.15, 0.2) is 0 Å². The van der Waals surface area contributed by atoms with Gasteiger partial charge >= 0.3 is 5.97 Å². The second-order valence-corrected chi connectivity index (χ2v) is 9.36. The molecule has 0 radical (unpaired) electrons. The molecule has 9 nitrogen and oxygen atoms in total. The standard InChI is InChI=1S/C25H25ClFN5O4/c1-13(2)14-6-4-5-7-16(14)25(11-32(12-25)24-29-10-20(31-24)22(34)35)23(36)30-19-9-18(27)17(26)8-15(19)21(33)28-3/h4-10,13H,11-12H2,1-3H3,(H,28,33)(H,29,31)(H,30,36)(H,34,35). The Balaban J connectivity index is 1.74. The third-order valence-corrected chi connectivity index (χ3v) is 6.62. The van der Waals surface area contributed by atoms with E-state index in [0.717, 1.165) is 17.2 Å². The van der Waals surface area contributed by atoms with Crippen molar-refractivity contribution in [3.63, 3.8) is 0 Å². The number of nitrogens with one attached hydrogen (secondary N) is 3. The quantitative estimate of drug-likeness (QED) is 0.381. The third kappa shape index (κ3) is 4.39. The van der Waals surface area contributed by atoms with Crippen molar-refractivity contribution in [2.24, 2.45) is 0 Å². The van der Waals surface area contributed by atoms with Gasteiger partial charge in [-0.05, 0) is 29.2 Å². The summed E-state index contributed by atoms with van der Waals surface area (Å²) in [6.07, 6.45) is 1.21. The number of hydrogen-bond acceptors (Lipinski definition) is 5. The fourth-order valence-corrected chi connectivity index (χ4v) is 4.59. The van der Waals surface area contributed by atoms with Gasteiger partial charge in [0.05, 0.1) is 22.5 Å². The molecule has 4 rings (SSSR count). The largest absolute Gasteiger partial charge is 0.477 e. The highest BCUT2D eigenvalue weighted by Gasteiger charge is 2.52. The van der Waals surface area contributed by atoms with Crippen molar-refractivity contribution < 1.29 is 23.9 Å². The summed E-state index contributed by atoms with van der Waals surface area (Å²) in [5.74, 6) is -2.46. The second-order valence-electron chi connectivity index (χ2n) is 8.95. The summed E-state index contributed by atoms with van der Waals surface area (Å²) in [5, 5.41) is 14.2. The number of aromatic amines is 1. The number of amides is 2. The molecule has 0 unspecified atom stereocenters. The second kappa shape index (κ2) is 9.62. The molecule has 1 aromatic heterocycles. The number of hydrogen-bond donors (Lipinski definition) is 4. The van der Waals surface area contributed by atoms with E-state index in [9.17, 15) is 23.9 Å². The van der Waals surface area contributed by atoms with Crippen molar-refractivity contribution >= 4 is 41.0 Å². The van der Waals surface area contributed by atoms with Gasteiger partial charge in [-0.1, -0.05) is 49.7 Å². The van der Waals surface area contributed by atoms with Crippen LogP contribution in [0.1, 0.15) is 51.7 Å². The van der Waals surface area contributed by atoms with E-state index < -0.39 is 29.0 Å². The number of carboxylic acids is 1. The zero-order valence-electron chi connectivity index (χ0n) is 19.9.